The Morgan fingerprint density at radius 3 is 1.54 bits per heavy atom. The van der Waals surface area contributed by atoms with Crippen molar-refractivity contribution in [1.82, 2.24) is 14.1 Å². The molecule has 0 amide bonds. The van der Waals surface area contributed by atoms with Crippen LogP contribution >= 0.6 is 0 Å². The number of rotatable bonds is 5. The summed E-state index contributed by atoms with van der Waals surface area (Å²) in [6.45, 7) is 4.33. The smallest absolute Gasteiger partial charge is 0.0992 e. The maximum absolute atomic E-state index is 10.2. The summed E-state index contributed by atoms with van der Waals surface area (Å²) in [5, 5.41) is 14.9. The monoisotopic (exact) mass is 690 g/mol. The highest BCUT2D eigenvalue weighted by molar-refractivity contribution is 6.12. The first-order chi connectivity index (χ1) is 26.6. The van der Waals surface area contributed by atoms with Crippen LogP contribution in [0.2, 0.25) is 0 Å². The van der Waals surface area contributed by atoms with E-state index in [-0.39, 0.29) is 0 Å². The van der Waals surface area contributed by atoms with E-state index in [9.17, 15) is 5.26 Å². The Balaban J connectivity index is 1.23. The van der Waals surface area contributed by atoms with Gasteiger partial charge in [-0.25, -0.2) is 0 Å². The van der Waals surface area contributed by atoms with Crippen molar-refractivity contribution < 1.29 is 0 Å². The molecule has 4 nitrogen and oxygen atoms in total. The summed E-state index contributed by atoms with van der Waals surface area (Å²) in [5.74, 6) is 0. The number of pyridine rings is 1. The van der Waals surface area contributed by atoms with Gasteiger partial charge >= 0.3 is 0 Å². The van der Waals surface area contributed by atoms with Gasteiger partial charge in [-0.05, 0) is 102 Å². The van der Waals surface area contributed by atoms with Crippen LogP contribution in [0.5, 0.6) is 0 Å². The van der Waals surface area contributed by atoms with Crippen LogP contribution in [-0.2, 0) is 0 Å². The second kappa shape index (κ2) is 12.5. The molecule has 0 bridgehead atoms. The van der Waals surface area contributed by atoms with Crippen molar-refractivity contribution in [3.8, 4) is 50.8 Å². The third-order valence-corrected chi connectivity index (χ3v) is 11.0. The second-order valence-corrected chi connectivity index (χ2v) is 14.0. The predicted molar refractivity (Wildman–Crippen MR) is 223 cm³/mol. The molecule has 0 aliphatic heterocycles. The van der Waals surface area contributed by atoms with Gasteiger partial charge in [0.1, 0.15) is 0 Å². The van der Waals surface area contributed by atoms with Gasteiger partial charge in [0.15, 0.2) is 0 Å². The molecule has 4 heteroatoms. The van der Waals surface area contributed by atoms with Gasteiger partial charge in [-0.1, -0.05) is 103 Å². The zero-order valence-electron chi connectivity index (χ0n) is 30.0. The number of aromatic nitrogens is 3. The number of benzene rings is 7. The summed E-state index contributed by atoms with van der Waals surface area (Å²) >= 11 is 0. The normalized spacial score (nSPS) is 11.5. The van der Waals surface area contributed by atoms with Gasteiger partial charge in [-0.15, -0.1) is 0 Å². The van der Waals surface area contributed by atoms with Gasteiger partial charge in [0.05, 0.1) is 45.1 Å². The lowest BCUT2D eigenvalue weighted by molar-refractivity contribution is 1.14. The van der Waals surface area contributed by atoms with Crippen molar-refractivity contribution in [2.75, 3.05) is 0 Å². The van der Waals surface area contributed by atoms with Crippen molar-refractivity contribution >= 4 is 43.6 Å². The Morgan fingerprint density at radius 1 is 0.444 bits per heavy atom. The van der Waals surface area contributed by atoms with Crippen LogP contribution in [0.4, 0.5) is 0 Å². The van der Waals surface area contributed by atoms with Crippen LogP contribution in [0.1, 0.15) is 16.7 Å². The molecule has 0 unspecified atom stereocenters. The Bertz CT molecular complexity index is 3150. The molecular weight excluding hydrogens is 657 g/mol. The van der Waals surface area contributed by atoms with E-state index >= 15 is 0 Å². The molecule has 7 aromatic carbocycles. The third-order valence-electron chi connectivity index (χ3n) is 11.0. The van der Waals surface area contributed by atoms with E-state index in [1.165, 1.54) is 44.2 Å². The molecule has 0 atom stereocenters. The lowest BCUT2D eigenvalue weighted by atomic mass is 9.98. The third kappa shape index (κ3) is 4.87. The van der Waals surface area contributed by atoms with Crippen LogP contribution in [0, 0.1) is 25.2 Å². The Kier molecular flexibility index (Phi) is 7.28. The average molecular weight is 691 g/mol. The number of fused-ring (bicyclic) bond motifs is 6. The van der Waals surface area contributed by atoms with Gasteiger partial charge in [0, 0.05) is 45.1 Å². The van der Waals surface area contributed by atoms with Crippen LogP contribution < -0.4 is 0 Å². The maximum atomic E-state index is 10.2. The minimum Gasteiger partial charge on any atom is -0.309 e. The van der Waals surface area contributed by atoms with E-state index < -0.39 is 0 Å². The van der Waals surface area contributed by atoms with Crippen molar-refractivity contribution in [3.05, 3.63) is 187 Å². The quantitative estimate of drug-likeness (QED) is 0.180. The summed E-state index contributed by atoms with van der Waals surface area (Å²) in [7, 11) is 0. The highest BCUT2D eigenvalue weighted by atomic mass is 15.0. The van der Waals surface area contributed by atoms with Gasteiger partial charge in [-0.3, -0.25) is 4.98 Å². The second-order valence-electron chi connectivity index (χ2n) is 14.0. The van der Waals surface area contributed by atoms with Gasteiger partial charge in [-0.2, -0.15) is 5.26 Å². The summed E-state index contributed by atoms with van der Waals surface area (Å²) in [6.07, 6.45) is 3.84. The molecular formula is C50H34N4. The molecule has 0 fully saturated rings. The van der Waals surface area contributed by atoms with Crippen LogP contribution in [0.25, 0.3) is 88.4 Å². The molecule has 254 valence electrons. The molecule has 3 heterocycles. The minimum atomic E-state index is 0.599. The van der Waals surface area contributed by atoms with Crippen LogP contribution in [-0.4, -0.2) is 14.1 Å². The molecule has 10 rings (SSSR count). The van der Waals surface area contributed by atoms with Crippen molar-refractivity contribution in [2.24, 2.45) is 0 Å². The highest BCUT2D eigenvalue weighted by Crippen LogP contribution is 2.42. The number of aryl methyl sites for hydroxylation is 2. The number of nitriles is 1. The van der Waals surface area contributed by atoms with Crippen molar-refractivity contribution in [2.45, 2.75) is 13.8 Å². The molecule has 3 aromatic heterocycles. The maximum Gasteiger partial charge on any atom is 0.0992 e. The fourth-order valence-corrected chi connectivity index (χ4v) is 8.40. The molecule has 0 saturated heterocycles. The molecule has 0 aliphatic rings. The first-order valence-corrected chi connectivity index (χ1v) is 18.3. The summed E-state index contributed by atoms with van der Waals surface area (Å²) in [5.41, 5.74) is 16.3. The first kappa shape index (κ1) is 31.5. The summed E-state index contributed by atoms with van der Waals surface area (Å²) < 4.78 is 4.69. The van der Waals surface area contributed by atoms with Crippen molar-refractivity contribution in [3.63, 3.8) is 0 Å². The van der Waals surface area contributed by atoms with Crippen LogP contribution in [0.3, 0.4) is 0 Å². The standard InChI is InChI=1S/C50H34N4/c1-32-11-3-5-13-37(32)35-20-23-47-42(28-35)39-15-7-9-17-45(39)53(47)49-25-26-52-31-44(49)41-22-19-34(30-51)27-50(41)54-46-18-10-8-16-40(46)43-29-36(21-24-48(43)54)38-14-6-4-12-33(38)2/h3-29,31H,1-2H3. The molecule has 0 aliphatic carbocycles. The topological polar surface area (TPSA) is 46.5 Å². The van der Waals surface area contributed by atoms with Crippen LogP contribution in [0.15, 0.2) is 170 Å². The number of para-hydroxylation sites is 2. The fourth-order valence-electron chi connectivity index (χ4n) is 8.40. The zero-order valence-corrected chi connectivity index (χ0v) is 30.0. The summed E-state index contributed by atoms with van der Waals surface area (Å²) in [6, 6.07) is 58.4. The fraction of sp³-hybridized carbons (Fsp3) is 0.0400. The van der Waals surface area contributed by atoms with E-state index in [1.54, 1.807) is 0 Å². The molecule has 54 heavy (non-hydrogen) atoms. The minimum absolute atomic E-state index is 0.599. The number of hydrogen-bond donors (Lipinski definition) is 0. The lowest BCUT2D eigenvalue weighted by Gasteiger charge is -2.18. The predicted octanol–water partition coefficient (Wildman–Crippen LogP) is 12.8. The molecule has 10 aromatic rings. The van der Waals surface area contributed by atoms with E-state index in [4.69, 9.17) is 4.98 Å². The average Bonchev–Trinajstić information content (AvgIpc) is 3.73. The molecule has 0 saturated carbocycles. The first-order valence-electron chi connectivity index (χ1n) is 18.3. The van der Waals surface area contributed by atoms with E-state index in [1.807, 2.05) is 24.5 Å². The largest absolute Gasteiger partial charge is 0.309 e. The van der Waals surface area contributed by atoms with Crippen molar-refractivity contribution in [1.29, 1.82) is 5.26 Å². The highest BCUT2D eigenvalue weighted by Gasteiger charge is 2.21. The summed E-state index contributed by atoms with van der Waals surface area (Å²) in [4.78, 5) is 4.71. The Labute approximate surface area is 313 Å². The van der Waals surface area contributed by atoms with E-state index in [0.717, 1.165) is 55.3 Å². The number of hydrogen-bond acceptors (Lipinski definition) is 2. The Hall–Kier alpha value is -7.22. The van der Waals surface area contributed by atoms with Gasteiger partial charge < -0.3 is 9.13 Å². The molecule has 0 spiro atoms. The molecule has 0 N–H and O–H groups in total. The molecule has 0 radical (unpaired) electrons. The van der Waals surface area contributed by atoms with Gasteiger partial charge in [0.2, 0.25) is 0 Å². The van der Waals surface area contributed by atoms with Gasteiger partial charge in [0.25, 0.3) is 0 Å². The number of nitrogens with zero attached hydrogens (tertiary/aromatic N) is 4. The Morgan fingerprint density at radius 2 is 0.963 bits per heavy atom. The SMILES string of the molecule is Cc1ccccc1-c1ccc2c(c1)c1ccccc1n2-c1ccncc1-c1ccc(C#N)cc1-n1c2ccccc2c2cc(-c3ccccc3C)ccc21. The van der Waals surface area contributed by atoms with E-state index in [0.29, 0.717) is 5.56 Å². The lowest BCUT2D eigenvalue weighted by Crippen LogP contribution is -2.02. The van der Waals surface area contributed by atoms with E-state index in [2.05, 4.69) is 175 Å². The zero-order chi connectivity index (χ0) is 36.3.